The molecule has 0 spiro atoms. The minimum absolute atomic E-state index is 0.0451. The Morgan fingerprint density at radius 3 is 2.37 bits per heavy atom. The van der Waals surface area contributed by atoms with Crippen molar-refractivity contribution in [2.24, 2.45) is 0 Å². The second-order valence-corrected chi connectivity index (χ2v) is 8.34. The number of carbonyl (C=O) groups is 1. The summed E-state index contributed by atoms with van der Waals surface area (Å²) < 4.78 is 5.42. The molecule has 160 valence electrons. The van der Waals surface area contributed by atoms with E-state index in [4.69, 9.17) is 4.74 Å². The molecule has 0 aliphatic carbocycles. The van der Waals surface area contributed by atoms with E-state index in [9.17, 15) is 14.9 Å². The highest BCUT2D eigenvalue weighted by Gasteiger charge is 2.26. The summed E-state index contributed by atoms with van der Waals surface area (Å²) in [6.45, 7) is 8.68. The Hall–Kier alpha value is -3.13. The smallest absolute Gasteiger partial charge is 0.410 e. The lowest BCUT2D eigenvalue weighted by Crippen LogP contribution is -2.49. The first-order valence-electron chi connectivity index (χ1n) is 10.0. The monoisotopic (exact) mass is 412 g/mol. The summed E-state index contributed by atoms with van der Waals surface area (Å²) in [7, 11) is 0. The molecule has 1 fully saturated rings. The summed E-state index contributed by atoms with van der Waals surface area (Å²) >= 11 is 0. The predicted molar refractivity (Wildman–Crippen MR) is 116 cm³/mol. The first-order chi connectivity index (χ1) is 14.2. The van der Waals surface area contributed by atoms with E-state index in [1.54, 1.807) is 17.0 Å². The number of anilines is 2. The molecule has 2 aromatic rings. The molecule has 2 aromatic carbocycles. The van der Waals surface area contributed by atoms with Gasteiger partial charge in [0.25, 0.3) is 5.69 Å². The van der Waals surface area contributed by atoms with Gasteiger partial charge in [-0.3, -0.25) is 15.0 Å². The number of nitro benzene ring substituents is 1. The lowest BCUT2D eigenvalue weighted by Gasteiger charge is -2.35. The minimum Gasteiger partial charge on any atom is -0.444 e. The van der Waals surface area contributed by atoms with Crippen molar-refractivity contribution >= 4 is 23.2 Å². The lowest BCUT2D eigenvalue weighted by molar-refractivity contribution is -0.384. The van der Waals surface area contributed by atoms with Crippen LogP contribution in [0.5, 0.6) is 0 Å². The molecule has 1 N–H and O–H groups in total. The van der Waals surface area contributed by atoms with Crippen LogP contribution in [0.3, 0.4) is 0 Å². The Morgan fingerprint density at radius 1 is 1.10 bits per heavy atom. The van der Waals surface area contributed by atoms with E-state index in [-0.39, 0.29) is 16.7 Å². The van der Waals surface area contributed by atoms with Crippen molar-refractivity contribution in [1.82, 2.24) is 9.80 Å². The standard InChI is InChI=1S/C22H28N4O4/c1-22(2,3)30-21(27)25-13-11-24(12-14-25)16-17-9-10-19(20(15-17)26(28)29)23-18-7-5-4-6-8-18/h4-10,15,23H,11-14,16H2,1-3H3. The van der Waals surface area contributed by atoms with Crippen LogP contribution in [0.4, 0.5) is 21.9 Å². The highest BCUT2D eigenvalue weighted by molar-refractivity contribution is 5.70. The maximum atomic E-state index is 12.2. The van der Waals surface area contributed by atoms with E-state index < -0.39 is 5.60 Å². The largest absolute Gasteiger partial charge is 0.444 e. The van der Waals surface area contributed by atoms with Gasteiger partial charge in [-0.25, -0.2) is 4.79 Å². The molecule has 8 heteroatoms. The summed E-state index contributed by atoms with van der Waals surface area (Å²) in [4.78, 5) is 27.3. The summed E-state index contributed by atoms with van der Waals surface area (Å²) in [6.07, 6.45) is -0.297. The zero-order valence-electron chi connectivity index (χ0n) is 17.6. The van der Waals surface area contributed by atoms with E-state index in [1.165, 1.54) is 0 Å². The molecular formula is C22H28N4O4. The van der Waals surface area contributed by atoms with E-state index in [0.717, 1.165) is 11.3 Å². The second kappa shape index (κ2) is 9.13. The van der Waals surface area contributed by atoms with Crippen LogP contribution in [0.2, 0.25) is 0 Å². The number of nitrogens with one attached hydrogen (secondary N) is 1. The molecule has 3 rings (SSSR count). The van der Waals surface area contributed by atoms with Gasteiger partial charge in [0.2, 0.25) is 0 Å². The molecule has 1 aliphatic heterocycles. The quantitative estimate of drug-likeness (QED) is 0.579. The Bertz CT molecular complexity index is 888. The average Bonchev–Trinajstić information content (AvgIpc) is 2.69. The van der Waals surface area contributed by atoms with Gasteiger partial charge in [0.15, 0.2) is 0 Å². The van der Waals surface area contributed by atoms with Crippen LogP contribution >= 0.6 is 0 Å². The summed E-state index contributed by atoms with van der Waals surface area (Å²) in [5.41, 5.74) is 1.66. The van der Waals surface area contributed by atoms with Gasteiger partial charge in [0.1, 0.15) is 11.3 Å². The van der Waals surface area contributed by atoms with Crippen molar-refractivity contribution in [2.45, 2.75) is 32.9 Å². The van der Waals surface area contributed by atoms with Gasteiger partial charge in [-0.1, -0.05) is 24.3 Å². The number of amides is 1. The fourth-order valence-corrected chi connectivity index (χ4v) is 3.28. The first-order valence-corrected chi connectivity index (χ1v) is 10.0. The fraction of sp³-hybridized carbons (Fsp3) is 0.409. The highest BCUT2D eigenvalue weighted by Crippen LogP contribution is 2.29. The van der Waals surface area contributed by atoms with Crippen molar-refractivity contribution in [3.05, 3.63) is 64.2 Å². The molecule has 0 saturated carbocycles. The number of benzene rings is 2. The molecule has 0 aromatic heterocycles. The summed E-state index contributed by atoms with van der Waals surface area (Å²) in [6, 6.07) is 14.6. The van der Waals surface area contributed by atoms with E-state index >= 15 is 0 Å². The molecule has 0 atom stereocenters. The lowest BCUT2D eigenvalue weighted by atomic mass is 10.1. The summed E-state index contributed by atoms with van der Waals surface area (Å²) in [5.74, 6) is 0. The van der Waals surface area contributed by atoms with E-state index in [1.807, 2.05) is 57.2 Å². The number of piperazine rings is 1. The maximum Gasteiger partial charge on any atom is 0.410 e. The Labute approximate surface area is 176 Å². The van der Waals surface area contributed by atoms with Crippen LogP contribution in [-0.4, -0.2) is 52.6 Å². The maximum absolute atomic E-state index is 12.2. The number of hydrogen-bond acceptors (Lipinski definition) is 6. The van der Waals surface area contributed by atoms with Crippen LogP contribution in [0.1, 0.15) is 26.3 Å². The minimum atomic E-state index is -0.511. The third-order valence-electron chi connectivity index (χ3n) is 4.74. The molecule has 0 bridgehead atoms. The molecule has 1 heterocycles. The van der Waals surface area contributed by atoms with Crippen molar-refractivity contribution in [3.8, 4) is 0 Å². The van der Waals surface area contributed by atoms with Crippen LogP contribution < -0.4 is 5.32 Å². The zero-order chi connectivity index (χ0) is 21.7. The molecule has 1 aliphatic rings. The molecule has 1 amide bonds. The van der Waals surface area contributed by atoms with Crippen molar-refractivity contribution < 1.29 is 14.5 Å². The number of carbonyl (C=O) groups excluding carboxylic acids is 1. The Balaban J connectivity index is 1.61. The van der Waals surface area contributed by atoms with E-state index in [2.05, 4.69) is 10.2 Å². The van der Waals surface area contributed by atoms with Crippen LogP contribution in [0.15, 0.2) is 48.5 Å². The molecule has 0 radical (unpaired) electrons. The average molecular weight is 412 g/mol. The Morgan fingerprint density at radius 2 is 1.77 bits per heavy atom. The summed E-state index contributed by atoms with van der Waals surface area (Å²) in [5, 5.41) is 14.7. The number of nitro groups is 1. The third-order valence-corrected chi connectivity index (χ3v) is 4.74. The third kappa shape index (κ3) is 5.93. The van der Waals surface area contributed by atoms with Gasteiger partial charge < -0.3 is 15.0 Å². The predicted octanol–water partition coefficient (Wildman–Crippen LogP) is 4.39. The van der Waals surface area contributed by atoms with Crippen LogP contribution in [0.25, 0.3) is 0 Å². The number of hydrogen-bond donors (Lipinski definition) is 1. The SMILES string of the molecule is CC(C)(C)OC(=O)N1CCN(Cc2ccc(Nc3ccccc3)c([N+](=O)[O-])c2)CC1. The van der Waals surface area contributed by atoms with Crippen molar-refractivity contribution in [3.63, 3.8) is 0 Å². The molecule has 8 nitrogen and oxygen atoms in total. The molecule has 30 heavy (non-hydrogen) atoms. The number of nitrogens with zero attached hydrogens (tertiary/aromatic N) is 3. The molecule has 0 unspecified atom stereocenters. The zero-order valence-corrected chi connectivity index (χ0v) is 17.6. The van der Waals surface area contributed by atoms with Gasteiger partial charge in [-0.05, 0) is 44.5 Å². The normalized spacial score (nSPS) is 15.0. The van der Waals surface area contributed by atoms with Crippen molar-refractivity contribution in [2.75, 3.05) is 31.5 Å². The molecular weight excluding hydrogens is 384 g/mol. The highest BCUT2D eigenvalue weighted by atomic mass is 16.6. The number of ether oxygens (including phenoxy) is 1. The van der Waals surface area contributed by atoms with Gasteiger partial charge in [-0.15, -0.1) is 0 Å². The number of rotatable bonds is 5. The van der Waals surface area contributed by atoms with Crippen molar-refractivity contribution in [1.29, 1.82) is 0 Å². The number of para-hydroxylation sites is 1. The molecule has 1 saturated heterocycles. The second-order valence-electron chi connectivity index (χ2n) is 8.34. The van der Waals surface area contributed by atoms with Gasteiger partial charge in [0, 0.05) is 44.5 Å². The van der Waals surface area contributed by atoms with Gasteiger partial charge in [-0.2, -0.15) is 0 Å². The van der Waals surface area contributed by atoms with Gasteiger partial charge >= 0.3 is 6.09 Å². The van der Waals surface area contributed by atoms with E-state index in [0.29, 0.717) is 38.4 Å². The fourth-order valence-electron chi connectivity index (χ4n) is 3.28. The van der Waals surface area contributed by atoms with Crippen LogP contribution in [0, 0.1) is 10.1 Å². The topological polar surface area (TPSA) is 88.0 Å². The van der Waals surface area contributed by atoms with Gasteiger partial charge in [0.05, 0.1) is 4.92 Å². The van der Waals surface area contributed by atoms with Crippen LogP contribution in [-0.2, 0) is 11.3 Å². The first kappa shape index (κ1) is 21.6. The Kier molecular flexibility index (Phi) is 6.56.